The normalized spacial score (nSPS) is 11.1. The van der Waals surface area contributed by atoms with Crippen molar-refractivity contribution in [1.82, 2.24) is 0 Å². The van der Waals surface area contributed by atoms with Gasteiger partial charge in [0.15, 0.2) is 11.5 Å². The highest BCUT2D eigenvalue weighted by atomic mass is 32.2. The molecule has 132 valence electrons. The molecular weight excluding hydrogens is 334 g/mol. The number of hydrogen-bond donors (Lipinski definition) is 1. The van der Waals surface area contributed by atoms with E-state index in [2.05, 4.69) is 4.99 Å². The number of carboxylic acid groups (broad SMARTS) is 1. The van der Waals surface area contributed by atoms with Crippen LogP contribution in [-0.2, 0) is 4.79 Å². The van der Waals surface area contributed by atoms with E-state index < -0.39 is 11.9 Å². The zero-order valence-corrected chi connectivity index (χ0v) is 14.9. The van der Waals surface area contributed by atoms with Gasteiger partial charge in [-0.15, -0.1) is 0 Å². The van der Waals surface area contributed by atoms with E-state index in [0.717, 1.165) is 5.75 Å². The number of carbonyl (C=O) groups excluding carboxylic acids is 1. The van der Waals surface area contributed by atoms with Crippen molar-refractivity contribution in [2.45, 2.75) is 13.3 Å². The van der Waals surface area contributed by atoms with Crippen molar-refractivity contribution in [3.8, 4) is 17.2 Å². The van der Waals surface area contributed by atoms with Crippen molar-refractivity contribution in [3.05, 3.63) is 17.7 Å². The number of amides is 1. The summed E-state index contributed by atoms with van der Waals surface area (Å²) < 4.78 is 15.5. The Hall–Kier alpha value is -2.22. The summed E-state index contributed by atoms with van der Waals surface area (Å²) in [7, 11) is 4.31. The van der Waals surface area contributed by atoms with Gasteiger partial charge in [-0.05, 0) is 23.6 Å². The van der Waals surface area contributed by atoms with Gasteiger partial charge in [0.2, 0.25) is 5.75 Å². The van der Waals surface area contributed by atoms with Crippen molar-refractivity contribution in [3.63, 3.8) is 0 Å². The number of hydrogen-bond acceptors (Lipinski definition) is 6. The first kappa shape index (κ1) is 19.8. The molecule has 8 heteroatoms. The van der Waals surface area contributed by atoms with Gasteiger partial charge in [0.25, 0.3) is 5.91 Å². The highest BCUT2D eigenvalue weighted by Crippen LogP contribution is 2.38. The Labute approximate surface area is 145 Å². The Morgan fingerprint density at radius 1 is 1.12 bits per heavy atom. The number of carboxylic acids is 1. The minimum Gasteiger partial charge on any atom is -0.493 e. The molecule has 0 saturated heterocycles. The number of methoxy groups -OCH3 is 3. The van der Waals surface area contributed by atoms with Crippen LogP contribution in [0.1, 0.15) is 23.7 Å². The van der Waals surface area contributed by atoms with Crippen LogP contribution in [0.2, 0.25) is 0 Å². The summed E-state index contributed by atoms with van der Waals surface area (Å²) >= 11 is 1.58. The molecule has 1 rings (SSSR count). The van der Waals surface area contributed by atoms with E-state index in [1.807, 2.05) is 6.92 Å². The first-order valence-corrected chi connectivity index (χ1v) is 8.36. The Balaban J connectivity index is 3.16. The minimum atomic E-state index is -1.20. The van der Waals surface area contributed by atoms with Crippen LogP contribution < -0.4 is 14.2 Å². The number of thioether (sulfide) groups is 1. The highest BCUT2D eigenvalue weighted by Gasteiger charge is 2.18. The predicted octanol–water partition coefficient (Wildman–Crippen LogP) is 2.52. The van der Waals surface area contributed by atoms with Crippen molar-refractivity contribution in [2.24, 2.45) is 4.99 Å². The average molecular weight is 355 g/mol. The molecule has 0 fully saturated rings. The second-order valence-electron chi connectivity index (χ2n) is 4.53. The van der Waals surface area contributed by atoms with Gasteiger partial charge in [-0.2, -0.15) is 11.8 Å². The summed E-state index contributed by atoms with van der Waals surface area (Å²) in [4.78, 5) is 27.3. The summed E-state index contributed by atoms with van der Waals surface area (Å²) in [6.45, 7) is 1.98. The first-order chi connectivity index (χ1) is 11.5. The van der Waals surface area contributed by atoms with Crippen LogP contribution in [0.3, 0.4) is 0 Å². The van der Waals surface area contributed by atoms with Crippen LogP contribution in [-0.4, -0.2) is 55.5 Å². The molecule has 0 saturated carbocycles. The molecule has 7 nitrogen and oxygen atoms in total. The maximum atomic E-state index is 12.3. The van der Waals surface area contributed by atoms with E-state index >= 15 is 0 Å². The molecule has 0 atom stereocenters. The number of carbonyl (C=O) groups is 2. The van der Waals surface area contributed by atoms with Gasteiger partial charge < -0.3 is 19.3 Å². The number of aliphatic imine (C=N–C) groups is 1. The lowest BCUT2D eigenvalue weighted by atomic mass is 10.1. The van der Waals surface area contributed by atoms with E-state index in [1.165, 1.54) is 33.5 Å². The van der Waals surface area contributed by atoms with Gasteiger partial charge in [0.1, 0.15) is 5.71 Å². The number of nitrogens with zero attached hydrogens (tertiary/aromatic N) is 1. The number of ether oxygens (including phenoxy) is 3. The molecule has 1 aromatic rings. The van der Waals surface area contributed by atoms with Crippen LogP contribution in [0.5, 0.6) is 17.2 Å². The van der Waals surface area contributed by atoms with Crippen LogP contribution in [0.15, 0.2) is 17.1 Å². The standard InChI is InChI=1S/C16H21NO6S/c1-5-24-7-6-11(16(19)20)17-15(18)10-8-12(21-2)14(23-4)13(9-10)22-3/h8-9H,5-7H2,1-4H3,(H,19,20)/b17-11+. The van der Waals surface area contributed by atoms with E-state index in [0.29, 0.717) is 23.0 Å². The van der Waals surface area contributed by atoms with Crippen molar-refractivity contribution < 1.29 is 28.9 Å². The second-order valence-corrected chi connectivity index (χ2v) is 5.92. The molecule has 0 aliphatic carbocycles. The summed E-state index contributed by atoms with van der Waals surface area (Å²) in [5.74, 6) is 0.527. The second kappa shape index (κ2) is 9.82. The Morgan fingerprint density at radius 2 is 1.71 bits per heavy atom. The molecule has 0 aliphatic heterocycles. The SMILES string of the molecule is CCSCC/C(=N\C(=O)c1cc(OC)c(OC)c(OC)c1)C(=O)O. The molecular formula is C16H21NO6S. The smallest absolute Gasteiger partial charge is 0.350 e. The summed E-state index contributed by atoms with van der Waals surface area (Å²) in [5, 5.41) is 9.19. The highest BCUT2D eigenvalue weighted by molar-refractivity contribution is 7.99. The Morgan fingerprint density at radius 3 is 2.12 bits per heavy atom. The molecule has 0 heterocycles. The van der Waals surface area contributed by atoms with Gasteiger partial charge in [0.05, 0.1) is 21.3 Å². The van der Waals surface area contributed by atoms with Crippen LogP contribution in [0, 0.1) is 0 Å². The lowest BCUT2D eigenvalue weighted by molar-refractivity contribution is -0.129. The Bertz CT molecular complexity index is 604. The van der Waals surface area contributed by atoms with Gasteiger partial charge in [-0.25, -0.2) is 9.79 Å². The van der Waals surface area contributed by atoms with Crippen molar-refractivity contribution in [2.75, 3.05) is 32.8 Å². The quantitative estimate of drug-likeness (QED) is 0.537. The third-order valence-corrected chi connectivity index (χ3v) is 3.98. The molecule has 0 radical (unpaired) electrons. The van der Waals surface area contributed by atoms with E-state index in [9.17, 15) is 14.7 Å². The fraction of sp³-hybridized carbons (Fsp3) is 0.438. The largest absolute Gasteiger partial charge is 0.493 e. The summed E-state index contributed by atoms with van der Waals surface area (Å²) in [5.41, 5.74) is -0.0129. The van der Waals surface area contributed by atoms with Crippen molar-refractivity contribution >= 4 is 29.4 Å². The third kappa shape index (κ3) is 5.16. The predicted molar refractivity (Wildman–Crippen MR) is 93.1 cm³/mol. The zero-order valence-electron chi connectivity index (χ0n) is 14.1. The van der Waals surface area contributed by atoms with E-state index in [1.54, 1.807) is 11.8 Å². The molecule has 1 amide bonds. The van der Waals surface area contributed by atoms with Gasteiger partial charge >= 0.3 is 5.97 Å². The molecule has 1 N–H and O–H groups in total. The number of rotatable bonds is 9. The van der Waals surface area contributed by atoms with Gasteiger partial charge in [0, 0.05) is 12.0 Å². The molecule has 0 aromatic heterocycles. The lowest BCUT2D eigenvalue weighted by Crippen LogP contribution is -2.16. The third-order valence-electron chi connectivity index (χ3n) is 3.08. The maximum Gasteiger partial charge on any atom is 0.350 e. The summed E-state index contributed by atoms with van der Waals surface area (Å²) in [6.07, 6.45) is 0.212. The van der Waals surface area contributed by atoms with Crippen LogP contribution in [0.4, 0.5) is 0 Å². The van der Waals surface area contributed by atoms with Crippen LogP contribution >= 0.6 is 11.8 Å². The molecule has 24 heavy (non-hydrogen) atoms. The molecule has 0 bridgehead atoms. The summed E-state index contributed by atoms with van der Waals surface area (Å²) in [6, 6.07) is 2.88. The van der Waals surface area contributed by atoms with Gasteiger partial charge in [-0.3, -0.25) is 4.79 Å². The monoisotopic (exact) mass is 355 g/mol. The number of benzene rings is 1. The number of aliphatic carboxylic acids is 1. The fourth-order valence-corrected chi connectivity index (χ4v) is 2.54. The van der Waals surface area contributed by atoms with Crippen molar-refractivity contribution in [1.29, 1.82) is 0 Å². The van der Waals surface area contributed by atoms with E-state index in [-0.39, 0.29) is 17.7 Å². The van der Waals surface area contributed by atoms with Gasteiger partial charge in [-0.1, -0.05) is 6.92 Å². The molecule has 1 aromatic carbocycles. The zero-order chi connectivity index (χ0) is 18.1. The lowest BCUT2D eigenvalue weighted by Gasteiger charge is -2.13. The first-order valence-electron chi connectivity index (χ1n) is 7.21. The van der Waals surface area contributed by atoms with E-state index in [4.69, 9.17) is 14.2 Å². The molecule has 0 unspecified atom stereocenters. The minimum absolute atomic E-state index is 0.159. The van der Waals surface area contributed by atoms with Crippen LogP contribution in [0.25, 0.3) is 0 Å². The maximum absolute atomic E-state index is 12.3. The Kier molecular flexibility index (Phi) is 8.11. The molecule has 0 aliphatic rings. The molecule has 0 spiro atoms. The average Bonchev–Trinajstić information content (AvgIpc) is 2.59. The fourth-order valence-electron chi connectivity index (χ4n) is 1.92. The topological polar surface area (TPSA) is 94.4 Å².